The van der Waals surface area contributed by atoms with Gasteiger partial charge < -0.3 is 14.4 Å². The van der Waals surface area contributed by atoms with Crippen molar-refractivity contribution < 1.29 is 14.3 Å². The predicted octanol–water partition coefficient (Wildman–Crippen LogP) is 2.67. The molecule has 1 amide bonds. The Hall–Kier alpha value is -1.21. The van der Waals surface area contributed by atoms with Crippen LogP contribution in [0.15, 0.2) is 0 Å². The maximum atomic E-state index is 11.9. The second-order valence-electron chi connectivity index (χ2n) is 5.05. The Labute approximate surface area is 111 Å². The van der Waals surface area contributed by atoms with E-state index in [0.29, 0.717) is 26.4 Å². The molecule has 0 aliphatic heterocycles. The molecule has 0 heterocycles. The summed E-state index contributed by atoms with van der Waals surface area (Å²) in [5.74, 6) is 2.41. The van der Waals surface area contributed by atoms with Gasteiger partial charge >= 0.3 is 6.09 Å². The third-order valence-corrected chi connectivity index (χ3v) is 2.32. The number of carbonyl (C=O) groups excluding carboxylic acids is 1. The Bertz CT molecular complexity index is 276. The van der Waals surface area contributed by atoms with E-state index in [0.717, 1.165) is 12.8 Å². The van der Waals surface area contributed by atoms with Crippen LogP contribution in [0.3, 0.4) is 0 Å². The van der Waals surface area contributed by atoms with Crippen molar-refractivity contribution in [3.05, 3.63) is 0 Å². The van der Waals surface area contributed by atoms with Crippen LogP contribution in [0.5, 0.6) is 0 Å². The number of hydrogen-bond acceptors (Lipinski definition) is 3. The molecule has 0 aromatic carbocycles. The fraction of sp³-hybridized carbons (Fsp3) is 0.786. The number of hydrogen-bond donors (Lipinski definition) is 0. The highest BCUT2D eigenvalue weighted by Gasteiger charge is 2.26. The van der Waals surface area contributed by atoms with Crippen molar-refractivity contribution in [2.75, 3.05) is 26.4 Å². The van der Waals surface area contributed by atoms with E-state index < -0.39 is 0 Å². The van der Waals surface area contributed by atoms with Crippen LogP contribution in [-0.2, 0) is 9.47 Å². The Morgan fingerprint density at radius 1 is 1.33 bits per heavy atom. The van der Waals surface area contributed by atoms with Crippen LogP contribution in [-0.4, -0.2) is 42.9 Å². The molecule has 0 aliphatic carbocycles. The summed E-state index contributed by atoms with van der Waals surface area (Å²) in [6, 6.07) is 0. The largest absolute Gasteiger partial charge is 0.449 e. The van der Waals surface area contributed by atoms with E-state index in [9.17, 15) is 4.79 Å². The zero-order chi connectivity index (χ0) is 14.0. The van der Waals surface area contributed by atoms with Crippen LogP contribution >= 0.6 is 0 Å². The van der Waals surface area contributed by atoms with Crippen LogP contribution in [0.1, 0.15) is 40.5 Å². The summed E-state index contributed by atoms with van der Waals surface area (Å²) in [7, 11) is 0. The molecule has 0 bridgehead atoms. The standard InChI is InChI=1S/C14H25NO3/c1-6-10-17-12-8-9-15(14(3,4)5)13(16)18-11-7-2/h1H,7-12H2,2-5H3. The average molecular weight is 255 g/mol. The van der Waals surface area contributed by atoms with Gasteiger partial charge in [0.15, 0.2) is 0 Å². The molecule has 0 N–H and O–H groups in total. The highest BCUT2D eigenvalue weighted by molar-refractivity contribution is 5.68. The number of nitrogens with zero attached hydrogens (tertiary/aromatic N) is 1. The summed E-state index contributed by atoms with van der Waals surface area (Å²) in [4.78, 5) is 13.6. The molecular formula is C14H25NO3. The molecular weight excluding hydrogens is 230 g/mol. The lowest BCUT2D eigenvalue weighted by atomic mass is 10.1. The fourth-order valence-corrected chi connectivity index (χ4v) is 1.42. The molecule has 0 saturated heterocycles. The molecule has 0 unspecified atom stereocenters. The topological polar surface area (TPSA) is 38.8 Å². The molecule has 4 heteroatoms. The second-order valence-corrected chi connectivity index (χ2v) is 5.05. The number of ether oxygens (including phenoxy) is 2. The maximum Gasteiger partial charge on any atom is 0.410 e. The normalized spacial score (nSPS) is 10.8. The number of carbonyl (C=O) groups is 1. The van der Waals surface area contributed by atoms with Crippen molar-refractivity contribution >= 4 is 6.09 Å². The summed E-state index contributed by atoms with van der Waals surface area (Å²) in [6.07, 6.45) is 6.40. The molecule has 18 heavy (non-hydrogen) atoms. The Morgan fingerprint density at radius 2 is 2.00 bits per heavy atom. The molecule has 0 aliphatic rings. The van der Waals surface area contributed by atoms with Crippen molar-refractivity contribution in [1.29, 1.82) is 0 Å². The van der Waals surface area contributed by atoms with Gasteiger partial charge in [0.2, 0.25) is 0 Å². The first-order valence-corrected chi connectivity index (χ1v) is 6.39. The van der Waals surface area contributed by atoms with E-state index in [4.69, 9.17) is 15.9 Å². The van der Waals surface area contributed by atoms with Gasteiger partial charge in [-0.3, -0.25) is 0 Å². The SMILES string of the molecule is C#CCOCCCN(C(=O)OCCC)C(C)(C)C. The maximum absolute atomic E-state index is 11.9. The fourth-order valence-electron chi connectivity index (χ4n) is 1.42. The van der Waals surface area contributed by atoms with Crippen LogP contribution in [0.2, 0.25) is 0 Å². The summed E-state index contributed by atoms with van der Waals surface area (Å²) >= 11 is 0. The van der Waals surface area contributed by atoms with Crippen molar-refractivity contribution in [2.24, 2.45) is 0 Å². The van der Waals surface area contributed by atoms with Gasteiger partial charge in [0.25, 0.3) is 0 Å². The van der Waals surface area contributed by atoms with Gasteiger partial charge in [-0.2, -0.15) is 0 Å². The quantitative estimate of drug-likeness (QED) is 0.518. The van der Waals surface area contributed by atoms with Gasteiger partial charge in [0.05, 0.1) is 6.61 Å². The lowest BCUT2D eigenvalue weighted by molar-refractivity contribution is 0.0609. The first-order chi connectivity index (χ1) is 8.43. The van der Waals surface area contributed by atoms with Crippen molar-refractivity contribution in [3.8, 4) is 12.3 Å². The molecule has 0 atom stereocenters. The molecule has 0 saturated carbocycles. The van der Waals surface area contributed by atoms with Crippen LogP contribution in [0, 0.1) is 12.3 Å². The molecule has 0 spiro atoms. The number of amides is 1. The average Bonchev–Trinajstić information content (AvgIpc) is 2.29. The minimum absolute atomic E-state index is 0.253. The Kier molecular flexibility index (Phi) is 8.23. The van der Waals surface area contributed by atoms with E-state index in [1.54, 1.807) is 4.90 Å². The van der Waals surface area contributed by atoms with Crippen molar-refractivity contribution in [1.82, 2.24) is 4.90 Å². The van der Waals surface area contributed by atoms with Crippen molar-refractivity contribution in [2.45, 2.75) is 46.1 Å². The molecule has 104 valence electrons. The first kappa shape index (κ1) is 16.8. The molecule has 0 aromatic heterocycles. The van der Waals surface area contributed by atoms with Gasteiger partial charge in [0, 0.05) is 18.7 Å². The van der Waals surface area contributed by atoms with Gasteiger partial charge in [0.1, 0.15) is 6.61 Å². The molecule has 0 rings (SSSR count). The van der Waals surface area contributed by atoms with E-state index in [1.807, 2.05) is 27.7 Å². The van der Waals surface area contributed by atoms with E-state index >= 15 is 0 Å². The Balaban J connectivity index is 4.17. The zero-order valence-corrected chi connectivity index (χ0v) is 12.0. The van der Waals surface area contributed by atoms with E-state index in [-0.39, 0.29) is 11.6 Å². The second kappa shape index (κ2) is 8.82. The molecule has 4 nitrogen and oxygen atoms in total. The molecule has 0 radical (unpaired) electrons. The van der Waals surface area contributed by atoms with E-state index in [1.165, 1.54) is 0 Å². The summed E-state index contributed by atoms with van der Waals surface area (Å²) in [5, 5.41) is 0. The third-order valence-electron chi connectivity index (χ3n) is 2.32. The lowest BCUT2D eigenvalue weighted by Gasteiger charge is -2.34. The number of terminal acetylenes is 1. The predicted molar refractivity (Wildman–Crippen MR) is 72.4 cm³/mol. The van der Waals surface area contributed by atoms with Gasteiger partial charge in [-0.25, -0.2) is 4.79 Å². The summed E-state index contributed by atoms with van der Waals surface area (Å²) in [5.41, 5.74) is -0.253. The number of rotatable bonds is 7. The first-order valence-electron chi connectivity index (χ1n) is 6.39. The van der Waals surface area contributed by atoms with Crippen LogP contribution < -0.4 is 0 Å². The molecule has 0 aromatic rings. The zero-order valence-electron chi connectivity index (χ0n) is 12.0. The third kappa shape index (κ3) is 7.18. The monoisotopic (exact) mass is 255 g/mol. The highest BCUT2D eigenvalue weighted by atomic mass is 16.6. The highest BCUT2D eigenvalue weighted by Crippen LogP contribution is 2.15. The summed E-state index contributed by atoms with van der Waals surface area (Å²) < 4.78 is 10.4. The van der Waals surface area contributed by atoms with E-state index in [2.05, 4.69) is 5.92 Å². The van der Waals surface area contributed by atoms with Gasteiger partial charge in [-0.1, -0.05) is 12.8 Å². The van der Waals surface area contributed by atoms with Crippen LogP contribution in [0.25, 0.3) is 0 Å². The lowest BCUT2D eigenvalue weighted by Crippen LogP contribution is -2.46. The van der Waals surface area contributed by atoms with Crippen molar-refractivity contribution in [3.63, 3.8) is 0 Å². The molecule has 0 fully saturated rings. The minimum atomic E-state index is -0.263. The Morgan fingerprint density at radius 3 is 2.50 bits per heavy atom. The van der Waals surface area contributed by atoms with Gasteiger partial charge in [-0.15, -0.1) is 6.42 Å². The summed E-state index contributed by atoms with van der Waals surface area (Å²) in [6.45, 7) is 9.87. The van der Waals surface area contributed by atoms with Crippen LogP contribution in [0.4, 0.5) is 4.79 Å². The smallest absolute Gasteiger partial charge is 0.410 e. The van der Waals surface area contributed by atoms with Gasteiger partial charge in [-0.05, 0) is 33.6 Å². The minimum Gasteiger partial charge on any atom is -0.449 e.